The summed E-state index contributed by atoms with van der Waals surface area (Å²) >= 11 is 0. The molecule has 20 heteroatoms. The molecule has 6 rings (SSSR count). The summed E-state index contributed by atoms with van der Waals surface area (Å²) in [7, 11) is 1.37. The third-order valence-electron chi connectivity index (χ3n) is 9.81. The molecular formula is C34H44O20. The van der Waals surface area contributed by atoms with Crippen LogP contribution in [-0.4, -0.2) is 174 Å². The Bertz CT molecular complexity index is 1620. The van der Waals surface area contributed by atoms with Crippen LogP contribution >= 0.6 is 0 Å². The van der Waals surface area contributed by atoms with Crippen molar-refractivity contribution in [3.05, 3.63) is 41.5 Å². The fourth-order valence-corrected chi connectivity index (χ4v) is 6.69. The van der Waals surface area contributed by atoms with E-state index in [0.29, 0.717) is 5.56 Å². The molecule has 0 aromatic heterocycles. The van der Waals surface area contributed by atoms with Gasteiger partial charge in [0.2, 0.25) is 6.29 Å². The Labute approximate surface area is 306 Å². The number of benzene rings is 2. The second-order valence-corrected chi connectivity index (χ2v) is 13.4. The molecule has 54 heavy (non-hydrogen) atoms. The Morgan fingerprint density at radius 2 is 1.41 bits per heavy atom. The van der Waals surface area contributed by atoms with E-state index in [2.05, 4.69) is 0 Å². The van der Waals surface area contributed by atoms with E-state index < -0.39 is 123 Å². The molecule has 0 bridgehead atoms. The standard InChI is InChI=1S/C34H44O20/c1-11-23(39)25(41)28(44)32(49-11)48-10-21-31(54-34-29(45)26(42)24(40)20(9-35)52-34)27(43)30(46)33(53-21)50-13-6-15(37)22-16(38)8-18(51-19(22)7-13)12-3-4-17(47-2)14(36)5-12/h3-7,11,18,20-21,23-37,39-46H,8-10H2,1-2H3/t11-,18-,20+,21+,23-,24+,25+,26-,27+,28+,29+,30+,31+,32+,33+,34+/m0/s1. The van der Waals surface area contributed by atoms with E-state index in [9.17, 15) is 61.0 Å². The number of hydrogen-bond acceptors (Lipinski definition) is 20. The van der Waals surface area contributed by atoms with Crippen LogP contribution in [0.5, 0.6) is 28.7 Å². The van der Waals surface area contributed by atoms with Crippen LogP contribution in [0.1, 0.15) is 35.4 Å². The molecule has 4 aliphatic rings. The summed E-state index contributed by atoms with van der Waals surface area (Å²) < 4.78 is 45.1. The first kappa shape index (κ1) is 40.2. The minimum atomic E-state index is -1.96. The molecule has 0 amide bonds. The van der Waals surface area contributed by atoms with Gasteiger partial charge in [0, 0.05) is 12.1 Å². The van der Waals surface area contributed by atoms with Gasteiger partial charge >= 0.3 is 0 Å². The number of Topliss-reactive ketones (excluding diaryl/α,β-unsaturated/α-hetero) is 1. The van der Waals surface area contributed by atoms with E-state index in [4.69, 9.17) is 37.9 Å². The first-order valence-electron chi connectivity index (χ1n) is 17.0. The van der Waals surface area contributed by atoms with Crippen LogP contribution in [-0.2, 0) is 23.7 Å². The van der Waals surface area contributed by atoms with Gasteiger partial charge in [-0.25, -0.2) is 0 Å². The number of carbonyl (C=O) groups excluding carboxylic acids is 1. The Kier molecular flexibility index (Phi) is 12.2. The van der Waals surface area contributed by atoms with E-state index in [-0.39, 0.29) is 35.0 Å². The molecule has 0 radical (unpaired) electrons. The molecule has 3 saturated heterocycles. The lowest BCUT2D eigenvalue weighted by atomic mass is 9.95. The maximum Gasteiger partial charge on any atom is 0.229 e. The Morgan fingerprint density at radius 1 is 0.741 bits per heavy atom. The van der Waals surface area contributed by atoms with Crippen LogP contribution in [0.4, 0.5) is 0 Å². The lowest BCUT2D eigenvalue weighted by Gasteiger charge is -2.46. The maximum atomic E-state index is 13.1. The van der Waals surface area contributed by atoms with Crippen molar-refractivity contribution < 1.29 is 98.9 Å². The Balaban J connectivity index is 1.24. The lowest BCUT2D eigenvalue weighted by Crippen LogP contribution is -2.65. The molecule has 2 aromatic rings. The molecule has 300 valence electrons. The normalized spacial score (nSPS) is 39.7. The monoisotopic (exact) mass is 772 g/mol. The van der Waals surface area contributed by atoms with Crippen LogP contribution < -0.4 is 14.2 Å². The van der Waals surface area contributed by atoms with E-state index in [1.54, 1.807) is 6.07 Å². The third kappa shape index (κ3) is 7.81. The van der Waals surface area contributed by atoms with Crippen molar-refractivity contribution in [2.45, 2.75) is 112 Å². The fourth-order valence-electron chi connectivity index (χ4n) is 6.69. The highest BCUT2D eigenvalue weighted by Gasteiger charge is 2.52. The highest BCUT2D eigenvalue weighted by Crippen LogP contribution is 2.44. The summed E-state index contributed by atoms with van der Waals surface area (Å²) in [6.45, 7) is -0.0296. The number of methoxy groups -OCH3 is 1. The predicted octanol–water partition coefficient (Wildman–Crippen LogP) is -3.33. The number of phenolic OH excluding ortho intramolecular Hbond substituents is 2. The lowest BCUT2D eigenvalue weighted by molar-refractivity contribution is -0.359. The summed E-state index contributed by atoms with van der Waals surface area (Å²) in [5.74, 6) is -1.36. The number of ketones is 1. The van der Waals surface area contributed by atoms with Crippen molar-refractivity contribution in [1.82, 2.24) is 0 Å². The highest BCUT2D eigenvalue weighted by atomic mass is 16.8. The number of carbonyl (C=O) groups is 1. The SMILES string of the molecule is COc1ccc([C@@H]2CC(=O)c3c(O)cc(O[C@@H]4O[C@H](CO[C@@H]5O[C@@H](C)[C@H](O)[C@@H](O)[C@H]5O)[C@@H](O[C@H]5O[C@H](CO)[C@@H](O)[C@H](O)[C@H]5O)[C@H](O)[C@H]4O)cc3O2)cc1O. The number of aromatic hydroxyl groups is 2. The largest absolute Gasteiger partial charge is 0.507 e. The Hall–Kier alpha value is -3.45. The van der Waals surface area contributed by atoms with Gasteiger partial charge in [-0.15, -0.1) is 0 Å². The van der Waals surface area contributed by atoms with E-state index in [1.807, 2.05) is 0 Å². The average molecular weight is 773 g/mol. The second kappa shape index (κ2) is 16.3. The Morgan fingerprint density at radius 3 is 2.09 bits per heavy atom. The minimum Gasteiger partial charge on any atom is -0.507 e. The second-order valence-electron chi connectivity index (χ2n) is 13.4. The van der Waals surface area contributed by atoms with Gasteiger partial charge in [-0.2, -0.15) is 0 Å². The smallest absolute Gasteiger partial charge is 0.229 e. The van der Waals surface area contributed by atoms with Crippen LogP contribution in [0.3, 0.4) is 0 Å². The number of phenols is 2. The zero-order valence-electron chi connectivity index (χ0n) is 28.8. The predicted molar refractivity (Wildman–Crippen MR) is 173 cm³/mol. The van der Waals surface area contributed by atoms with Crippen LogP contribution in [0.25, 0.3) is 0 Å². The first-order chi connectivity index (χ1) is 25.6. The summed E-state index contributed by atoms with van der Waals surface area (Å²) in [5, 5.41) is 115. The van der Waals surface area contributed by atoms with Crippen molar-refractivity contribution in [3.63, 3.8) is 0 Å². The van der Waals surface area contributed by atoms with Crippen molar-refractivity contribution in [3.8, 4) is 28.7 Å². The van der Waals surface area contributed by atoms with Gasteiger partial charge in [-0.3, -0.25) is 4.79 Å². The van der Waals surface area contributed by atoms with Crippen LogP contribution in [0.2, 0.25) is 0 Å². The number of aliphatic hydroxyl groups excluding tert-OH is 9. The molecule has 0 aliphatic carbocycles. The van der Waals surface area contributed by atoms with E-state index in [1.165, 1.54) is 32.2 Å². The molecule has 16 atom stereocenters. The zero-order valence-corrected chi connectivity index (χ0v) is 28.8. The number of hydrogen-bond donors (Lipinski definition) is 11. The third-order valence-corrected chi connectivity index (χ3v) is 9.81. The summed E-state index contributed by atoms with van der Waals surface area (Å²) in [5.41, 5.74) is 0.261. The fraction of sp³-hybridized carbons (Fsp3) is 0.618. The van der Waals surface area contributed by atoms with Crippen LogP contribution in [0.15, 0.2) is 30.3 Å². The van der Waals surface area contributed by atoms with Gasteiger partial charge in [-0.05, 0) is 24.6 Å². The molecule has 20 nitrogen and oxygen atoms in total. The molecular weight excluding hydrogens is 728 g/mol. The summed E-state index contributed by atoms with van der Waals surface area (Å²) in [6, 6.07) is 6.71. The average Bonchev–Trinajstić information content (AvgIpc) is 3.14. The molecule has 4 heterocycles. The van der Waals surface area contributed by atoms with Gasteiger partial charge < -0.3 is 94.1 Å². The number of fused-ring (bicyclic) bond motifs is 1. The molecule has 0 saturated carbocycles. The highest BCUT2D eigenvalue weighted by molar-refractivity contribution is 6.02. The van der Waals surface area contributed by atoms with Crippen molar-refractivity contribution in [1.29, 1.82) is 0 Å². The molecule has 11 N–H and O–H groups in total. The molecule has 0 unspecified atom stereocenters. The van der Waals surface area contributed by atoms with Gasteiger partial charge in [0.15, 0.2) is 29.9 Å². The van der Waals surface area contributed by atoms with Gasteiger partial charge in [0.1, 0.15) is 96.1 Å². The summed E-state index contributed by atoms with van der Waals surface area (Å²) in [6.07, 6.45) is -26.1. The number of rotatable bonds is 10. The number of ether oxygens (including phenoxy) is 8. The zero-order chi connectivity index (χ0) is 39.2. The van der Waals surface area contributed by atoms with Gasteiger partial charge in [0.25, 0.3) is 0 Å². The van der Waals surface area contributed by atoms with Crippen molar-refractivity contribution >= 4 is 5.78 Å². The quantitative estimate of drug-likeness (QED) is 0.112. The first-order valence-corrected chi connectivity index (χ1v) is 17.0. The molecule has 2 aromatic carbocycles. The van der Waals surface area contributed by atoms with Crippen LogP contribution in [0, 0.1) is 0 Å². The molecule has 0 spiro atoms. The van der Waals surface area contributed by atoms with E-state index in [0.717, 1.165) is 6.07 Å². The minimum absolute atomic E-state index is 0.116. The molecule has 4 aliphatic heterocycles. The van der Waals surface area contributed by atoms with Crippen molar-refractivity contribution in [2.75, 3.05) is 20.3 Å². The van der Waals surface area contributed by atoms with Gasteiger partial charge in [0.05, 0.1) is 32.8 Å². The van der Waals surface area contributed by atoms with Gasteiger partial charge in [-0.1, -0.05) is 6.07 Å². The maximum absolute atomic E-state index is 13.1. The summed E-state index contributed by atoms with van der Waals surface area (Å²) in [4.78, 5) is 13.1. The molecule has 3 fully saturated rings. The van der Waals surface area contributed by atoms with E-state index >= 15 is 0 Å². The topological polar surface area (TPSA) is 313 Å². The number of aliphatic hydroxyl groups is 9. The van der Waals surface area contributed by atoms with Crippen molar-refractivity contribution in [2.24, 2.45) is 0 Å².